The fraction of sp³-hybridized carbons (Fsp3) is 0.500. The zero-order valence-corrected chi connectivity index (χ0v) is 22.9. The van der Waals surface area contributed by atoms with Gasteiger partial charge in [-0.3, -0.25) is 9.13 Å². The topological polar surface area (TPSA) is 81.0 Å². The van der Waals surface area contributed by atoms with Crippen molar-refractivity contribution < 1.29 is 14.3 Å². The second-order valence-electron chi connectivity index (χ2n) is 10.9. The lowest BCUT2D eigenvalue weighted by Gasteiger charge is -2.36. The Hall–Kier alpha value is -3.46. The molecule has 0 saturated carbocycles. The third-order valence-corrected chi connectivity index (χ3v) is 6.45. The number of benzene rings is 2. The molecule has 0 spiro atoms. The molecule has 200 valence electrons. The highest BCUT2D eigenvalue weighted by molar-refractivity contribution is 5.81. The first-order valence-electron chi connectivity index (χ1n) is 12.8. The van der Waals surface area contributed by atoms with Crippen molar-refractivity contribution in [1.29, 1.82) is 0 Å². The maximum absolute atomic E-state index is 13.0. The number of hydrogen-bond donors (Lipinski definition) is 1. The number of amides is 1. The fourth-order valence-electron chi connectivity index (χ4n) is 4.69. The highest BCUT2D eigenvalue weighted by atomic mass is 16.6. The monoisotopic (exact) mass is 509 g/mol. The van der Waals surface area contributed by atoms with Gasteiger partial charge in [0.2, 0.25) is 0 Å². The Morgan fingerprint density at radius 2 is 1.68 bits per heavy atom. The Balaban J connectivity index is 1.46. The smallest absolute Gasteiger partial charge is 0.410 e. The van der Waals surface area contributed by atoms with Crippen molar-refractivity contribution in [1.82, 2.24) is 14.0 Å². The molecule has 1 aromatic heterocycles. The SMILES string of the molecule is CC1CN(c2ccc(Nc3ccc4c(c3)n(C)c(=O)n4CCN(C)C(=O)OC(C)(C)C)cc2)CC(C)O1. The second kappa shape index (κ2) is 10.5. The minimum Gasteiger partial charge on any atom is -0.444 e. The van der Waals surface area contributed by atoms with E-state index in [4.69, 9.17) is 9.47 Å². The maximum Gasteiger partial charge on any atom is 0.410 e. The number of carbonyl (C=O) groups is 1. The normalized spacial score (nSPS) is 18.2. The van der Waals surface area contributed by atoms with Crippen LogP contribution in [0.15, 0.2) is 47.3 Å². The lowest BCUT2D eigenvalue weighted by atomic mass is 10.2. The molecular weight excluding hydrogens is 470 g/mol. The number of aromatic nitrogens is 2. The molecule has 2 unspecified atom stereocenters. The number of ether oxygens (including phenoxy) is 2. The Bertz CT molecular complexity index is 1300. The van der Waals surface area contributed by atoms with Gasteiger partial charge in [0.1, 0.15) is 5.60 Å². The fourth-order valence-corrected chi connectivity index (χ4v) is 4.69. The lowest BCUT2D eigenvalue weighted by Crippen LogP contribution is -2.45. The number of rotatable bonds is 6. The lowest BCUT2D eigenvalue weighted by molar-refractivity contribution is -0.00522. The van der Waals surface area contributed by atoms with Crippen LogP contribution in [0.4, 0.5) is 21.9 Å². The highest BCUT2D eigenvalue weighted by Crippen LogP contribution is 2.26. The van der Waals surface area contributed by atoms with E-state index in [0.29, 0.717) is 13.1 Å². The molecule has 2 heterocycles. The van der Waals surface area contributed by atoms with E-state index in [1.807, 2.05) is 39.0 Å². The van der Waals surface area contributed by atoms with E-state index in [9.17, 15) is 9.59 Å². The first-order chi connectivity index (χ1) is 17.4. The minimum atomic E-state index is -0.564. The Morgan fingerprint density at radius 1 is 1.05 bits per heavy atom. The van der Waals surface area contributed by atoms with Crippen molar-refractivity contribution in [3.8, 4) is 0 Å². The third-order valence-electron chi connectivity index (χ3n) is 6.45. The molecule has 1 aliphatic rings. The summed E-state index contributed by atoms with van der Waals surface area (Å²) in [4.78, 5) is 29.1. The van der Waals surface area contributed by atoms with Crippen LogP contribution < -0.4 is 15.9 Å². The first-order valence-corrected chi connectivity index (χ1v) is 12.8. The number of nitrogens with one attached hydrogen (secondary N) is 1. The van der Waals surface area contributed by atoms with Gasteiger partial charge in [-0.15, -0.1) is 0 Å². The van der Waals surface area contributed by atoms with Crippen LogP contribution in [0.1, 0.15) is 34.6 Å². The van der Waals surface area contributed by atoms with Crippen molar-refractivity contribution in [3.63, 3.8) is 0 Å². The van der Waals surface area contributed by atoms with Gasteiger partial charge in [0, 0.05) is 57.3 Å². The molecule has 1 saturated heterocycles. The summed E-state index contributed by atoms with van der Waals surface area (Å²) in [6.45, 7) is 12.2. The molecule has 1 amide bonds. The van der Waals surface area contributed by atoms with Crippen LogP contribution in [0, 0.1) is 0 Å². The van der Waals surface area contributed by atoms with E-state index in [0.717, 1.165) is 35.5 Å². The number of likely N-dealkylation sites (N-methyl/N-ethyl adjacent to an activating group) is 1. The summed E-state index contributed by atoms with van der Waals surface area (Å²) in [5.41, 5.74) is 4.00. The molecule has 2 aromatic carbocycles. The largest absolute Gasteiger partial charge is 0.444 e. The van der Waals surface area contributed by atoms with E-state index in [-0.39, 0.29) is 17.9 Å². The first kappa shape index (κ1) is 26.6. The number of hydrogen-bond acceptors (Lipinski definition) is 6. The molecule has 9 heteroatoms. The van der Waals surface area contributed by atoms with Crippen LogP contribution in [0.25, 0.3) is 11.0 Å². The van der Waals surface area contributed by atoms with E-state index < -0.39 is 11.7 Å². The van der Waals surface area contributed by atoms with Gasteiger partial charge in [0.25, 0.3) is 0 Å². The summed E-state index contributed by atoms with van der Waals surface area (Å²) in [6, 6.07) is 14.3. The number of aryl methyl sites for hydroxylation is 1. The van der Waals surface area contributed by atoms with Crippen molar-refractivity contribution >= 4 is 34.2 Å². The molecule has 1 fully saturated rings. The van der Waals surface area contributed by atoms with E-state index in [1.54, 1.807) is 23.2 Å². The number of anilines is 3. The molecule has 0 radical (unpaired) electrons. The predicted octanol–water partition coefficient (Wildman–Crippen LogP) is 4.56. The molecule has 0 aliphatic carbocycles. The number of fused-ring (bicyclic) bond motifs is 1. The van der Waals surface area contributed by atoms with Crippen molar-refractivity contribution in [2.24, 2.45) is 7.05 Å². The quantitative estimate of drug-likeness (QED) is 0.525. The van der Waals surface area contributed by atoms with Gasteiger partial charge in [-0.2, -0.15) is 0 Å². The van der Waals surface area contributed by atoms with E-state index in [2.05, 4.69) is 48.3 Å². The molecule has 9 nitrogen and oxygen atoms in total. The summed E-state index contributed by atoms with van der Waals surface area (Å²) in [5, 5.41) is 3.45. The molecule has 1 N–H and O–H groups in total. The summed E-state index contributed by atoms with van der Waals surface area (Å²) in [5.74, 6) is 0. The minimum absolute atomic E-state index is 0.122. The van der Waals surface area contributed by atoms with Gasteiger partial charge in [0.15, 0.2) is 0 Å². The van der Waals surface area contributed by atoms with Gasteiger partial charge in [-0.25, -0.2) is 9.59 Å². The molecule has 0 bridgehead atoms. The van der Waals surface area contributed by atoms with Gasteiger partial charge in [-0.05, 0) is 77.1 Å². The molecular formula is C28H39N5O4. The van der Waals surface area contributed by atoms with Crippen LogP contribution in [0.5, 0.6) is 0 Å². The zero-order valence-electron chi connectivity index (χ0n) is 22.9. The highest BCUT2D eigenvalue weighted by Gasteiger charge is 2.23. The van der Waals surface area contributed by atoms with Crippen LogP contribution in [-0.2, 0) is 23.1 Å². The van der Waals surface area contributed by atoms with Crippen LogP contribution in [-0.4, -0.2) is 64.6 Å². The zero-order chi connectivity index (χ0) is 26.9. The molecule has 2 atom stereocenters. The van der Waals surface area contributed by atoms with Crippen molar-refractivity contribution in [3.05, 3.63) is 52.9 Å². The van der Waals surface area contributed by atoms with Crippen molar-refractivity contribution in [2.45, 2.75) is 59.0 Å². The van der Waals surface area contributed by atoms with E-state index in [1.165, 1.54) is 10.6 Å². The second-order valence-corrected chi connectivity index (χ2v) is 10.9. The summed E-state index contributed by atoms with van der Waals surface area (Å²) >= 11 is 0. The van der Waals surface area contributed by atoms with Gasteiger partial charge >= 0.3 is 11.8 Å². The predicted molar refractivity (Wildman–Crippen MR) is 148 cm³/mol. The summed E-state index contributed by atoms with van der Waals surface area (Å²) in [6.07, 6.45) is 0.0193. The number of carbonyl (C=O) groups excluding carboxylic acids is 1. The summed E-state index contributed by atoms with van der Waals surface area (Å²) < 4.78 is 14.6. The maximum atomic E-state index is 13.0. The standard InChI is InChI=1S/C28H39N5O4/c1-19-17-32(18-20(2)36-19)23-11-8-21(9-12-23)29-22-10-13-24-25(16-22)31(7)26(34)33(24)15-14-30(6)27(35)37-28(3,4)5/h8-13,16,19-20,29H,14-15,17-18H2,1-7H3. The Kier molecular flexibility index (Phi) is 7.54. The average Bonchev–Trinajstić information content (AvgIpc) is 3.05. The average molecular weight is 510 g/mol. The third kappa shape index (κ3) is 6.28. The Morgan fingerprint density at radius 3 is 2.30 bits per heavy atom. The van der Waals surface area contributed by atoms with Gasteiger partial charge in [0.05, 0.1) is 23.2 Å². The number of morpholine rings is 1. The van der Waals surface area contributed by atoms with E-state index >= 15 is 0 Å². The number of nitrogens with zero attached hydrogens (tertiary/aromatic N) is 4. The number of imidazole rings is 1. The molecule has 1 aliphatic heterocycles. The molecule has 3 aromatic rings. The van der Waals surface area contributed by atoms with Gasteiger partial charge < -0.3 is 24.6 Å². The Labute approximate surface area is 218 Å². The van der Waals surface area contributed by atoms with Crippen molar-refractivity contribution in [2.75, 3.05) is 36.9 Å². The summed E-state index contributed by atoms with van der Waals surface area (Å²) in [7, 11) is 3.44. The molecule has 37 heavy (non-hydrogen) atoms. The van der Waals surface area contributed by atoms with Crippen LogP contribution in [0.2, 0.25) is 0 Å². The molecule has 4 rings (SSSR count). The van der Waals surface area contributed by atoms with Crippen LogP contribution >= 0.6 is 0 Å². The van der Waals surface area contributed by atoms with Crippen LogP contribution in [0.3, 0.4) is 0 Å². The van der Waals surface area contributed by atoms with Gasteiger partial charge in [-0.1, -0.05) is 0 Å².